The quantitative estimate of drug-likeness (QED) is 0.462. The number of nitrogens with one attached hydrogen (secondary N) is 1. The molecule has 1 aliphatic rings. The zero-order valence-electron chi connectivity index (χ0n) is 18.1. The van der Waals surface area contributed by atoms with Gasteiger partial charge in [0.25, 0.3) is 0 Å². The van der Waals surface area contributed by atoms with Crippen LogP contribution in [-0.4, -0.2) is 28.7 Å². The van der Waals surface area contributed by atoms with Crippen LogP contribution in [0.5, 0.6) is 0 Å². The van der Waals surface area contributed by atoms with Gasteiger partial charge in [-0.3, -0.25) is 14.5 Å². The van der Waals surface area contributed by atoms with Crippen molar-refractivity contribution in [3.63, 3.8) is 0 Å². The lowest BCUT2D eigenvalue weighted by atomic mass is 9.96. The monoisotopic (exact) mass is 468 g/mol. The van der Waals surface area contributed by atoms with Crippen molar-refractivity contribution in [1.82, 2.24) is 4.90 Å². The molecule has 1 saturated heterocycles. The Hall–Kier alpha value is -3.09. The smallest absolute Gasteiger partial charge is 0.244 e. The number of rotatable bonds is 6. The minimum Gasteiger partial charge on any atom is -0.324 e. The summed E-state index contributed by atoms with van der Waals surface area (Å²) in [6.45, 7) is 2.65. The van der Waals surface area contributed by atoms with Gasteiger partial charge in [-0.1, -0.05) is 41.9 Å². The average Bonchev–Trinajstić information content (AvgIpc) is 3.15. The van der Waals surface area contributed by atoms with Crippen LogP contribution in [-0.2, 0) is 11.3 Å². The van der Waals surface area contributed by atoms with Gasteiger partial charge in [0.05, 0.1) is 11.2 Å². The van der Waals surface area contributed by atoms with Crippen molar-refractivity contribution in [2.24, 2.45) is 0 Å². The van der Waals surface area contributed by atoms with Crippen LogP contribution in [0.2, 0.25) is 5.02 Å². The van der Waals surface area contributed by atoms with Crippen molar-refractivity contribution < 1.29 is 18.4 Å². The molecule has 3 aromatic rings. The lowest BCUT2D eigenvalue weighted by Gasteiger charge is -2.34. The van der Waals surface area contributed by atoms with Crippen molar-refractivity contribution in [2.75, 3.05) is 11.9 Å². The van der Waals surface area contributed by atoms with Gasteiger partial charge in [-0.2, -0.15) is 0 Å². The molecule has 0 aliphatic carbocycles. The number of benzene rings is 3. The number of carbonyl (C=O) groups is 2. The number of anilines is 1. The Balaban J connectivity index is 1.59. The molecule has 3 aromatic carbocycles. The predicted octanol–water partition coefficient (Wildman–Crippen LogP) is 5.84. The van der Waals surface area contributed by atoms with E-state index < -0.39 is 17.2 Å². The topological polar surface area (TPSA) is 49.4 Å². The fourth-order valence-corrected chi connectivity index (χ4v) is 4.44. The molecule has 33 heavy (non-hydrogen) atoms. The number of likely N-dealkylation sites (tertiary alicyclic amines) is 1. The van der Waals surface area contributed by atoms with E-state index in [1.54, 1.807) is 43.3 Å². The minimum absolute atomic E-state index is 0.231. The van der Waals surface area contributed by atoms with E-state index in [-0.39, 0.29) is 18.2 Å². The second kappa shape index (κ2) is 9.41. The summed E-state index contributed by atoms with van der Waals surface area (Å²) in [5, 5.41) is 3.28. The van der Waals surface area contributed by atoms with Gasteiger partial charge in [-0.15, -0.1) is 0 Å². The van der Waals surface area contributed by atoms with Gasteiger partial charge in [0, 0.05) is 28.8 Å². The molecule has 0 saturated carbocycles. The maximum atomic E-state index is 13.7. The standard InChI is InChI=1S/C26H23ClF2N2O2/c1-26(10-5-11-31(26)16-17-12-20(28)15-21(29)13-17)25(33)30-23-9-8-19(27)14-22(23)24(32)18-6-3-2-4-7-18/h2-4,6-9,12-15H,5,10-11,16H2,1H3,(H,30,33)/t26-/m1/s1. The molecule has 0 aromatic heterocycles. The summed E-state index contributed by atoms with van der Waals surface area (Å²) in [4.78, 5) is 28.4. The number of hydrogen-bond acceptors (Lipinski definition) is 3. The molecule has 1 N–H and O–H groups in total. The fourth-order valence-electron chi connectivity index (χ4n) is 4.27. The highest BCUT2D eigenvalue weighted by Crippen LogP contribution is 2.33. The molecule has 170 valence electrons. The minimum atomic E-state index is -0.907. The highest BCUT2D eigenvalue weighted by Gasteiger charge is 2.43. The van der Waals surface area contributed by atoms with Crippen LogP contribution >= 0.6 is 11.6 Å². The van der Waals surface area contributed by atoms with Crippen LogP contribution in [0.3, 0.4) is 0 Å². The third kappa shape index (κ3) is 4.97. The first-order valence-electron chi connectivity index (χ1n) is 10.7. The molecule has 0 radical (unpaired) electrons. The van der Waals surface area contributed by atoms with Gasteiger partial charge in [-0.05, 0) is 62.2 Å². The molecule has 1 aliphatic heterocycles. The van der Waals surface area contributed by atoms with Crippen molar-refractivity contribution in [2.45, 2.75) is 31.8 Å². The van der Waals surface area contributed by atoms with E-state index in [4.69, 9.17) is 11.6 Å². The van der Waals surface area contributed by atoms with Crippen molar-refractivity contribution in [3.8, 4) is 0 Å². The number of carbonyl (C=O) groups excluding carboxylic acids is 2. The van der Waals surface area contributed by atoms with Crippen molar-refractivity contribution >= 4 is 29.0 Å². The van der Waals surface area contributed by atoms with Gasteiger partial charge in [0.1, 0.15) is 11.6 Å². The number of halogens is 3. The summed E-state index contributed by atoms with van der Waals surface area (Å²) in [5.74, 6) is -1.85. The van der Waals surface area contributed by atoms with E-state index in [0.29, 0.717) is 40.4 Å². The van der Waals surface area contributed by atoms with Crippen LogP contribution in [0.25, 0.3) is 0 Å². The molecule has 0 spiro atoms. The Kier molecular flexibility index (Phi) is 6.58. The molecule has 1 fully saturated rings. The van der Waals surface area contributed by atoms with E-state index in [1.165, 1.54) is 18.2 Å². The largest absolute Gasteiger partial charge is 0.324 e. The van der Waals surface area contributed by atoms with E-state index in [0.717, 1.165) is 12.5 Å². The summed E-state index contributed by atoms with van der Waals surface area (Å²) < 4.78 is 27.3. The maximum Gasteiger partial charge on any atom is 0.244 e. The highest BCUT2D eigenvalue weighted by molar-refractivity contribution is 6.31. The second-order valence-corrected chi connectivity index (χ2v) is 8.85. The summed E-state index contributed by atoms with van der Waals surface area (Å²) >= 11 is 6.14. The Bertz CT molecular complexity index is 1180. The first kappa shape index (κ1) is 23.1. The Morgan fingerprint density at radius 1 is 1.03 bits per heavy atom. The molecular formula is C26H23ClF2N2O2. The summed E-state index contributed by atoms with van der Waals surface area (Å²) in [6.07, 6.45) is 1.34. The summed E-state index contributed by atoms with van der Waals surface area (Å²) in [7, 11) is 0. The molecule has 1 atom stereocenters. The van der Waals surface area contributed by atoms with Crippen molar-refractivity contribution in [3.05, 3.63) is 100 Å². The lowest BCUT2D eigenvalue weighted by molar-refractivity contribution is -0.125. The number of ketones is 1. The first-order chi connectivity index (χ1) is 15.8. The lowest BCUT2D eigenvalue weighted by Crippen LogP contribution is -2.50. The first-order valence-corrected chi connectivity index (χ1v) is 11.0. The molecule has 1 amide bonds. The van der Waals surface area contributed by atoms with Crippen LogP contribution in [0.1, 0.15) is 41.3 Å². The molecule has 0 unspecified atom stereocenters. The van der Waals surface area contributed by atoms with Gasteiger partial charge in [0.15, 0.2) is 5.78 Å². The Morgan fingerprint density at radius 3 is 2.42 bits per heavy atom. The third-order valence-corrected chi connectivity index (χ3v) is 6.32. The van der Waals surface area contributed by atoms with Crippen LogP contribution in [0.4, 0.5) is 14.5 Å². The molecule has 4 nitrogen and oxygen atoms in total. The molecule has 7 heteroatoms. The van der Waals surface area contributed by atoms with Crippen LogP contribution in [0, 0.1) is 11.6 Å². The zero-order valence-corrected chi connectivity index (χ0v) is 18.8. The SMILES string of the molecule is C[C@]1(C(=O)Nc2ccc(Cl)cc2C(=O)c2ccccc2)CCCN1Cc1cc(F)cc(F)c1. The molecule has 1 heterocycles. The summed E-state index contributed by atoms with van der Waals surface area (Å²) in [5.41, 5.74) is 0.692. The van der Waals surface area contributed by atoms with Gasteiger partial charge in [-0.25, -0.2) is 8.78 Å². The van der Waals surface area contributed by atoms with Gasteiger partial charge in [0.2, 0.25) is 5.91 Å². The zero-order chi connectivity index (χ0) is 23.6. The highest BCUT2D eigenvalue weighted by atomic mass is 35.5. The predicted molar refractivity (Wildman–Crippen MR) is 124 cm³/mol. The van der Waals surface area contributed by atoms with E-state index in [2.05, 4.69) is 5.32 Å². The fraction of sp³-hybridized carbons (Fsp3) is 0.231. The van der Waals surface area contributed by atoms with E-state index >= 15 is 0 Å². The number of nitrogens with zero attached hydrogens (tertiary/aromatic N) is 1. The van der Waals surface area contributed by atoms with Crippen LogP contribution in [0.15, 0.2) is 66.7 Å². The van der Waals surface area contributed by atoms with E-state index in [1.807, 2.05) is 11.0 Å². The number of hydrogen-bond donors (Lipinski definition) is 1. The Labute approximate surface area is 196 Å². The third-order valence-electron chi connectivity index (χ3n) is 6.08. The maximum absolute atomic E-state index is 13.7. The molecular weight excluding hydrogens is 446 g/mol. The average molecular weight is 469 g/mol. The summed E-state index contributed by atoms with van der Waals surface area (Å²) in [6, 6.07) is 16.9. The Morgan fingerprint density at radius 2 is 1.73 bits per heavy atom. The second-order valence-electron chi connectivity index (χ2n) is 8.42. The normalized spacial score (nSPS) is 18.3. The van der Waals surface area contributed by atoms with Crippen LogP contribution < -0.4 is 5.32 Å². The van der Waals surface area contributed by atoms with E-state index in [9.17, 15) is 18.4 Å². The van der Waals surface area contributed by atoms with Crippen molar-refractivity contribution in [1.29, 1.82) is 0 Å². The molecule has 4 rings (SSSR count). The van der Waals surface area contributed by atoms with Gasteiger partial charge >= 0.3 is 0 Å². The molecule has 0 bridgehead atoms. The number of amides is 1. The van der Waals surface area contributed by atoms with Gasteiger partial charge < -0.3 is 5.32 Å².